The van der Waals surface area contributed by atoms with Gasteiger partial charge >= 0.3 is 0 Å². The van der Waals surface area contributed by atoms with Crippen LogP contribution in [0.2, 0.25) is 0 Å². The molecule has 0 bridgehead atoms. The molecule has 9 nitrogen and oxygen atoms in total. The molecule has 118 valence electrons. The molecule has 4 heterocycles. The Morgan fingerprint density at radius 2 is 2.14 bits per heavy atom. The van der Waals surface area contributed by atoms with Gasteiger partial charge in [-0.25, -0.2) is 9.97 Å². The van der Waals surface area contributed by atoms with E-state index in [2.05, 4.69) is 15.0 Å². The Morgan fingerprint density at radius 1 is 1.36 bits per heavy atom. The summed E-state index contributed by atoms with van der Waals surface area (Å²) in [5.41, 5.74) is 0.314. The number of aromatic nitrogens is 4. The predicted octanol–water partition coefficient (Wildman–Crippen LogP) is -0.471. The lowest BCUT2D eigenvalue weighted by Gasteiger charge is -2.24. The van der Waals surface area contributed by atoms with Crippen molar-refractivity contribution in [2.45, 2.75) is 44.2 Å². The zero-order valence-electron chi connectivity index (χ0n) is 12.1. The number of aromatic amines is 1. The molecule has 0 aromatic carbocycles. The Hall–Kier alpha value is -1.81. The Bertz CT molecular complexity index is 769. The molecule has 2 fully saturated rings. The van der Waals surface area contributed by atoms with Crippen molar-refractivity contribution in [3.63, 3.8) is 0 Å². The highest BCUT2D eigenvalue weighted by Crippen LogP contribution is 2.43. The first kappa shape index (κ1) is 13.8. The first-order valence-corrected chi connectivity index (χ1v) is 7.02. The fourth-order valence-corrected chi connectivity index (χ4v) is 3.08. The zero-order valence-corrected chi connectivity index (χ0v) is 12.1. The van der Waals surface area contributed by atoms with Crippen molar-refractivity contribution in [1.82, 2.24) is 19.5 Å². The van der Waals surface area contributed by atoms with Crippen molar-refractivity contribution < 1.29 is 19.3 Å². The van der Waals surface area contributed by atoms with Gasteiger partial charge in [-0.1, -0.05) is 0 Å². The van der Waals surface area contributed by atoms with E-state index < -0.39 is 24.2 Å². The normalized spacial score (nSPS) is 33.4. The van der Waals surface area contributed by atoms with Crippen LogP contribution in [0.15, 0.2) is 17.4 Å². The van der Waals surface area contributed by atoms with Crippen LogP contribution in [0, 0.1) is 0 Å². The van der Waals surface area contributed by atoms with Gasteiger partial charge in [0.05, 0.1) is 19.3 Å². The fourth-order valence-electron chi connectivity index (χ4n) is 3.08. The number of fused-ring (bicyclic) bond motifs is 2. The summed E-state index contributed by atoms with van der Waals surface area (Å²) < 4.78 is 19.2. The molecule has 22 heavy (non-hydrogen) atoms. The largest absolute Gasteiger partial charge is 0.394 e. The smallest absolute Gasteiger partial charge is 0.278 e. The minimum absolute atomic E-state index is 0.183. The summed E-state index contributed by atoms with van der Waals surface area (Å²) in [6, 6.07) is 0. The van der Waals surface area contributed by atoms with Gasteiger partial charge in [0.2, 0.25) is 0 Å². The van der Waals surface area contributed by atoms with Gasteiger partial charge in [0, 0.05) is 0 Å². The van der Waals surface area contributed by atoms with Gasteiger partial charge in [-0.2, -0.15) is 0 Å². The van der Waals surface area contributed by atoms with Crippen LogP contribution in [0.25, 0.3) is 11.2 Å². The topological polar surface area (TPSA) is 111 Å². The zero-order chi connectivity index (χ0) is 15.5. The highest BCUT2D eigenvalue weighted by atomic mass is 16.8. The van der Waals surface area contributed by atoms with E-state index >= 15 is 0 Å². The predicted molar refractivity (Wildman–Crippen MR) is 73.0 cm³/mol. The number of hydrogen-bond acceptors (Lipinski definition) is 7. The molecule has 2 aromatic rings. The van der Waals surface area contributed by atoms with Gasteiger partial charge in [-0.05, 0) is 13.8 Å². The number of hydrogen-bond donors (Lipinski definition) is 2. The summed E-state index contributed by atoms with van der Waals surface area (Å²) in [7, 11) is 0. The monoisotopic (exact) mass is 308 g/mol. The maximum Gasteiger partial charge on any atom is 0.278 e. The van der Waals surface area contributed by atoms with Crippen LogP contribution >= 0.6 is 0 Å². The van der Waals surface area contributed by atoms with Crippen LogP contribution in [-0.4, -0.2) is 55.3 Å². The molecule has 0 amide bonds. The lowest BCUT2D eigenvalue weighted by molar-refractivity contribution is -0.199. The van der Waals surface area contributed by atoms with E-state index in [9.17, 15) is 9.90 Å². The van der Waals surface area contributed by atoms with Crippen LogP contribution in [0.3, 0.4) is 0 Å². The number of ether oxygens (including phenoxy) is 3. The highest BCUT2D eigenvalue weighted by molar-refractivity contribution is 5.68. The van der Waals surface area contributed by atoms with E-state index in [0.29, 0.717) is 5.65 Å². The number of imidazole rings is 1. The quantitative estimate of drug-likeness (QED) is 0.771. The van der Waals surface area contributed by atoms with Crippen molar-refractivity contribution in [3.8, 4) is 0 Å². The summed E-state index contributed by atoms with van der Waals surface area (Å²) in [6.45, 7) is 3.44. The van der Waals surface area contributed by atoms with Crippen LogP contribution < -0.4 is 5.56 Å². The molecule has 2 aliphatic rings. The van der Waals surface area contributed by atoms with E-state index in [1.165, 1.54) is 12.7 Å². The third-order valence-electron chi connectivity index (χ3n) is 3.94. The molecule has 2 aromatic heterocycles. The Kier molecular flexibility index (Phi) is 2.89. The molecule has 2 aliphatic heterocycles. The second kappa shape index (κ2) is 4.59. The Morgan fingerprint density at radius 3 is 2.91 bits per heavy atom. The molecule has 2 N–H and O–H groups in total. The first-order chi connectivity index (χ1) is 10.5. The lowest BCUT2D eigenvalue weighted by Crippen LogP contribution is -2.31. The summed E-state index contributed by atoms with van der Waals surface area (Å²) >= 11 is 0. The molecule has 4 rings (SSSR count). The van der Waals surface area contributed by atoms with Gasteiger partial charge in [0.1, 0.15) is 18.3 Å². The number of nitrogens with one attached hydrogen (secondary N) is 1. The number of aliphatic hydroxyl groups is 1. The minimum atomic E-state index is -0.758. The molecule has 0 aliphatic carbocycles. The Labute approximate surface area is 124 Å². The number of rotatable bonds is 2. The third kappa shape index (κ3) is 1.90. The van der Waals surface area contributed by atoms with Gasteiger partial charge in [0.15, 0.2) is 23.2 Å². The van der Waals surface area contributed by atoms with Crippen molar-refractivity contribution in [1.29, 1.82) is 0 Å². The molecule has 0 saturated carbocycles. The highest BCUT2D eigenvalue weighted by Gasteiger charge is 2.55. The van der Waals surface area contributed by atoms with Crippen molar-refractivity contribution in [3.05, 3.63) is 23.0 Å². The molecule has 0 spiro atoms. The van der Waals surface area contributed by atoms with E-state index in [1.807, 2.05) is 13.8 Å². The van der Waals surface area contributed by atoms with Gasteiger partial charge in [-0.3, -0.25) is 9.36 Å². The summed E-state index contributed by atoms with van der Waals surface area (Å²) in [4.78, 5) is 22.5. The minimum Gasteiger partial charge on any atom is -0.394 e. The van der Waals surface area contributed by atoms with Gasteiger partial charge in [0.25, 0.3) is 5.56 Å². The standard InChI is InChI=1S/C13H16N4O5/c1-13(2)21-8-6(3-18)20-12(9(8)22-13)17-5-16-7-10(17)14-4-15-11(7)19/h4-6,8-9,12,18H,3H2,1-2H3,(H,14,15,19)/t6-,8+,9+,12-/m1/s1. The van der Waals surface area contributed by atoms with Crippen molar-refractivity contribution in [2.24, 2.45) is 0 Å². The van der Waals surface area contributed by atoms with Crippen LogP contribution in [0.5, 0.6) is 0 Å². The van der Waals surface area contributed by atoms with E-state index in [4.69, 9.17) is 14.2 Å². The van der Waals surface area contributed by atoms with Gasteiger partial charge < -0.3 is 24.3 Å². The average molecular weight is 308 g/mol. The van der Waals surface area contributed by atoms with Crippen molar-refractivity contribution >= 4 is 11.2 Å². The van der Waals surface area contributed by atoms with Crippen LogP contribution in [0.1, 0.15) is 20.1 Å². The Balaban J connectivity index is 1.78. The maximum absolute atomic E-state index is 11.8. The van der Waals surface area contributed by atoms with E-state index in [-0.39, 0.29) is 23.8 Å². The summed E-state index contributed by atoms with van der Waals surface area (Å²) in [5.74, 6) is -0.758. The maximum atomic E-state index is 11.8. The van der Waals surface area contributed by atoms with Crippen molar-refractivity contribution in [2.75, 3.05) is 6.61 Å². The average Bonchev–Trinajstić information content (AvgIpc) is 3.10. The van der Waals surface area contributed by atoms with Gasteiger partial charge in [-0.15, -0.1) is 0 Å². The molecule has 9 heteroatoms. The summed E-state index contributed by atoms with van der Waals surface area (Å²) in [5, 5.41) is 9.50. The van der Waals surface area contributed by atoms with Crippen LogP contribution in [-0.2, 0) is 14.2 Å². The third-order valence-corrected chi connectivity index (χ3v) is 3.94. The number of aliphatic hydroxyl groups excluding tert-OH is 1. The van der Waals surface area contributed by atoms with E-state index in [0.717, 1.165) is 0 Å². The fraction of sp³-hybridized carbons (Fsp3) is 0.615. The molecule has 4 atom stereocenters. The summed E-state index contributed by atoms with van der Waals surface area (Å²) in [6.07, 6.45) is 0.937. The second-order valence-electron chi connectivity index (χ2n) is 5.87. The second-order valence-corrected chi connectivity index (χ2v) is 5.87. The first-order valence-electron chi connectivity index (χ1n) is 7.02. The molecule has 0 radical (unpaired) electrons. The molecule has 2 saturated heterocycles. The number of H-pyrrole nitrogens is 1. The van der Waals surface area contributed by atoms with Crippen LogP contribution in [0.4, 0.5) is 0 Å². The SMILES string of the molecule is CC1(C)O[C@@H]2[C@H](O1)[C@H](n1cnc3c(=O)[nH]cnc31)O[C@@H]2CO. The lowest BCUT2D eigenvalue weighted by atomic mass is 10.1. The molecule has 0 unspecified atom stereocenters. The number of nitrogens with zero attached hydrogens (tertiary/aromatic N) is 3. The molecular formula is C13H16N4O5. The van der Waals surface area contributed by atoms with E-state index in [1.54, 1.807) is 4.57 Å². The molecular weight excluding hydrogens is 292 g/mol.